The van der Waals surface area contributed by atoms with Crippen molar-refractivity contribution in [1.29, 1.82) is 0 Å². The van der Waals surface area contributed by atoms with Crippen LogP contribution in [0.15, 0.2) is 0 Å². The molecule has 12 heavy (non-hydrogen) atoms. The summed E-state index contributed by atoms with van der Waals surface area (Å²) < 4.78 is 0. The second-order valence-corrected chi connectivity index (χ2v) is 4.85. The SMILES string of the molecule is CCCC1CC1(O)C(C)(C)CC. The predicted octanol–water partition coefficient (Wildman–Crippen LogP) is 2.97. The number of rotatable bonds is 4. The summed E-state index contributed by atoms with van der Waals surface area (Å²) in [6.07, 6.45) is 4.50. The maximum atomic E-state index is 10.2. The Morgan fingerprint density at radius 1 is 1.42 bits per heavy atom. The van der Waals surface area contributed by atoms with Crippen molar-refractivity contribution in [2.45, 2.75) is 59.0 Å². The Labute approximate surface area is 76.2 Å². The second-order valence-electron chi connectivity index (χ2n) is 4.85. The van der Waals surface area contributed by atoms with Gasteiger partial charge in [0, 0.05) is 0 Å². The fraction of sp³-hybridized carbons (Fsp3) is 1.00. The monoisotopic (exact) mass is 170 g/mol. The van der Waals surface area contributed by atoms with Gasteiger partial charge in [0.05, 0.1) is 5.60 Å². The van der Waals surface area contributed by atoms with E-state index >= 15 is 0 Å². The number of hydrogen-bond acceptors (Lipinski definition) is 1. The van der Waals surface area contributed by atoms with Crippen LogP contribution in [0.5, 0.6) is 0 Å². The number of aliphatic hydroxyl groups is 1. The molecule has 0 aromatic rings. The molecule has 0 bridgehead atoms. The topological polar surface area (TPSA) is 20.2 Å². The Bertz CT molecular complexity index is 162. The maximum absolute atomic E-state index is 10.2. The van der Waals surface area contributed by atoms with Gasteiger partial charge in [-0.1, -0.05) is 34.1 Å². The molecular weight excluding hydrogens is 148 g/mol. The van der Waals surface area contributed by atoms with Crippen LogP contribution in [0.2, 0.25) is 0 Å². The van der Waals surface area contributed by atoms with Crippen LogP contribution in [-0.2, 0) is 0 Å². The molecule has 72 valence electrons. The third-order valence-electron chi connectivity index (χ3n) is 3.77. The van der Waals surface area contributed by atoms with E-state index in [0.29, 0.717) is 5.92 Å². The lowest BCUT2D eigenvalue weighted by molar-refractivity contribution is 0.00619. The van der Waals surface area contributed by atoms with Crippen molar-refractivity contribution in [3.8, 4) is 0 Å². The Kier molecular flexibility index (Phi) is 2.53. The summed E-state index contributed by atoms with van der Waals surface area (Å²) in [5.41, 5.74) is -0.218. The van der Waals surface area contributed by atoms with Crippen LogP contribution in [0.25, 0.3) is 0 Å². The van der Waals surface area contributed by atoms with Gasteiger partial charge in [-0.05, 0) is 30.6 Å². The average Bonchev–Trinajstić information content (AvgIpc) is 2.65. The summed E-state index contributed by atoms with van der Waals surface area (Å²) in [4.78, 5) is 0. The Balaban J connectivity index is 2.54. The summed E-state index contributed by atoms with van der Waals surface area (Å²) in [5.74, 6) is 0.581. The molecule has 1 nitrogen and oxygen atoms in total. The highest BCUT2D eigenvalue weighted by Crippen LogP contribution is 2.58. The molecule has 1 heteroatoms. The first-order valence-electron chi connectivity index (χ1n) is 5.20. The lowest BCUT2D eigenvalue weighted by Crippen LogP contribution is -2.32. The fourth-order valence-electron chi connectivity index (χ4n) is 2.14. The summed E-state index contributed by atoms with van der Waals surface area (Å²) in [7, 11) is 0. The van der Waals surface area contributed by atoms with Crippen molar-refractivity contribution in [3.63, 3.8) is 0 Å². The third kappa shape index (κ3) is 1.39. The summed E-state index contributed by atoms with van der Waals surface area (Å²) in [6, 6.07) is 0. The second kappa shape index (κ2) is 3.02. The molecular formula is C11H22O. The van der Waals surface area contributed by atoms with Gasteiger partial charge >= 0.3 is 0 Å². The van der Waals surface area contributed by atoms with Crippen LogP contribution in [0.4, 0.5) is 0 Å². The fourth-order valence-corrected chi connectivity index (χ4v) is 2.14. The molecule has 1 saturated carbocycles. The molecule has 1 aliphatic carbocycles. The first-order valence-corrected chi connectivity index (χ1v) is 5.20. The van der Waals surface area contributed by atoms with Crippen molar-refractivity contribution in [1.82, 2.24) is 0 Å². The number of hydrogen-bond donors (Lipinski definition) is 1. The van der Waals surface area contributed by atoms with Gasteiger partial charge in [-0.25, -0.2) is 0 Å². The van der Waals surface area contributed by atoms with Crippen molar-refractivity contribution in [2.75, 3.05) is 0 Å². The first-order chi connectivity index (χ1) is 5.48. The molecule has 0 radical (unpaired) electrons. The molecule has 1 aliphatic rings. The van der Waals surface area contributed by atoms with E-state index in [9.17, 15) is 5.11 Å². The van der Waals surface area contributed by atoms with Crippen LogP contribution in [0.1, 0.15) is 53.4 Å². The zero-order valence-electron chi connectivity index (χ0n) is 8.85. The molecule has 0 saturated heterocycles. The van der Waals surface area contributed by atoms with Gasteiger partial charge in [0.25, 0.3) is 0 Å². The minimum absolute atomic E-state index is 0.118. The summed E-state index contributed by atoms with van der Waals surface area (Å²) in [5, 5.41) is 10.2. The molecule has 0 aromatic heterocycles. The van der Waals surface area contributed by atoms with Crippen molar-refractivity contribution in [3.05, 3.63) is 0 Å². The first kappa shape index (κ1) is 10.0. The summed E-state index contributed by atoms with van der Waals surface area (Å²) >= 11 is 0. The van der Waals surface area contributed by atoms with E-state index in [2.05, 4.69) is 27.7 Å². The van der Waals surface area contributed by atoms with Gasteiger partial charge in [0.2, 0.25) is 0 Å². The van der Waals surface area contributed by atoms with E-state index in [1.165, 1.54) is 12.8 Å². The van der Waals surface area contributed by atoms with E-state index in [1.54, 1.807) is 0 Å². The Morgan fingerprint density at radius 3 is 2.42 bits per heavy atom. The van der Waals surface area contributed by atoms with E-state index in [-0.39, 0.29) is 11.0 Å². The highest BCUT2D eigenvalue weighted by Gasteiger charge is 2.60. The molecule has 2 atom stereocenters. The molecule has 2 unspecified atom stereocenters. The quantitative estimate of drug-likeness (QED) is 0.687. The molecule has 0 heterocycles. The maximum Gasteiger partial charge on any atom is 0.0731 e. The zero-order chi connectivity index (χ0) is 9.41. The van der Waals surface area contributed by atoms with E-state index in [0.717, 1.165) is 12.8 Å². The molecule has 1 fully saturated rings. The van der Waals surface area contributed by atoms with Gasteiger partial charge in [0.15, 0.2) is 0 Å². The zero-order valence-corrected chi connectivity index (χ0v) is 8.85. The molecule has 1 rings (SSSR count). The highest BCUT2D eigenvalue weighted by atomic mass is 16.3. The lowest BCUT2D eigenvalue weighted by Gasteiger charge is -2.30. The molecule has 0 aromatic carbocycles. The lowest BCUT2D eigenvalue weighted by atomic mass is 9.80. The molecule has 0 aliphatic heterocycles. The van der Waals surface area contributed by atoms with Gasteiger partial charge in [0.1, 0.15) is 0 Å². The average molecular weight is 170 g/mol. The van der Waals surface area contributed by atoms with Crippen LogP contribution in [0.3, 0.4) is 0 Å². The van der Waals surface area contributed by atoms with Crippen LogP contribution in [-0.4, -0.2) is 10.7 Å². The standard InChI is InChI=1S/C11H22O/c1-5-7-9-8-11(9,12)10(3,4)6-2/h9,12H,5-8H2,1-4H3. The third-order valence-corrected chi connectivity index (χ3v) is 3.77. The highest BCUT2D eigenvalue weighted by molar-refractivity contribution is 5.10. The Morgan fingerprint density at radius 2 is 2.00 bits per heavy atom. The van der Waals surface area contributed by atoms with Gasteiger partial charge in [-0.2, -0.15) is 0 Å². The smallest absolute Gasteiger partial charge is 0.0731 e. The molecule has 1 N–H and O–H groups in total. The van der Waals surface area contributed by atoms with E-state index < -0.39 is 0 Å². The van der Waals surface area contributed by atoms with Crippen molar-refractivity contribution < 1.29 is 5.11 Å². The van der Waals surface area contributed by atoms with Crippen LogP contribution < -0.4 is 0 Å². The summed E-state index contributed by atoms with van der Waals surface area (Å²) in [6.45, 7) is 8.72. The van der Waals surface area contributed by atoms with Gasteiger partial charge in [-0.3, -0.25) is 0 Å². The molecule has 0 amide bonds. The van der Waals surface area contributed by atoms with Crippen LogP contribution >= 0.6 is 0 Å². The predicted molar refractivity (Wildman–Crippen MR) is 52.0 cm³/mol. The van der Waals surface area contributed by atoms with E-state index in [4.69, 9.17) is 0 Å². The van der Waals surface area contributed by atoms with Crippen molar-refractivity contribution in [2.24, 2.45) is 11.3 Å². The normalized spacial score (nSPS) is 35.2. The van der Waals surface area contributed by atoms with Crippen LogP contribution in [0, 0.1) is 11.3 Å². The molecule has 0 spiro atoms. The minimum atomic E-state index is -0.336. The van der Waals surface area contributed by atoms with Gasteiger partial charge < -0.3 is 5.11 Å². The Hall–Kier alpha value is -0.0400. The minimum Gasteiger partial charge on any atom is -0.389 e. The largest absolute Gasteiger partial charge is 0.389 e. The van der Waals surface area contributed by atoms with E-state index in [1.807, 2.05) is 0 Å². The van der Waals surface area contributed by atoms with Crippen molar-refractivity contribution >= 4 is 0 Å². The van der Waals surface area contributed by atoms with Gasteiger partial charge in [-0.15, -0.1) is 0 Å².